The Morgan fingerprint density at radius 2 is 1.80 bits per heavy atom. The minimum Gasteiger partial charge on any atom is -0.481 e. The van der Waals surface area contributed by atoms with Crippen molar-refractivity contribution in [1.29, 1.82) is 0 Å². The highest BCUT2D eigenvalue weighted by atomic mass is 35.5. The van der Waals surface area contributed by atoms with Crippen molar-refractivity contribution in [2.75, 3.05) is 7.11 Å². The van der Waals surface area contributed by atoms with Crippen LogP contribution in [0.1, 0.15) is 0 Å². The van der Waals surface area contributed by atoms with Crippen molar-refractivity contribution in [3.63, 3.8) is 0 Å². The molecule has 0 amide bonds. The van der Waals surface area contributed by atoms with Crippen molar-refractivity contribution in [1.82, 2.24) is 4.98 Å². The molecule has 1 aromatic heterocycles. The number of halogens is 1. The lowest BCUT2D eigenvalue weighted by atomic mass is 10.1. The summed E-state index contributed by atoms with van der Waals surface area (Å²) >= 11 is 5.81. The highest BCUT2D eigenvalue weighted by molar-refractivity contribution is 6.30. The fraction of sp³-hybridized carbons (Fsp3) is 0.0833. The van der Waals surface area contributed by atoms with E-state index in [4.69, 9.17) is 16.3 Å². The first kappa shape index (κ1) is 9.99. The van der Waals surface area contributed by atoms with E-state index in [0.29, 0.717) is 5.88 Å². The Labute approximate surface area is 93.5 Å². The third-order valence-electron chi connectivity index (χ3n) is 2.07. The lowest BCUT2D eigenvalue weighted by Crippen LogP contribution is -1.89. The highest BCUT2D eigenvalue weighted by Gasteiger charge is 2.00. The molecule has 0 unspecified atom stereocenters. The largest absolute Gasteiger partial charge is 0.481 e. The third-order valence-corrected chi connectivity index (χ3v) is 2.32. The van der Waals surface area contributed by atoms with Crippen molar-refractivity contribution in [2.45, 2.75) is 0 Å². The molecule has 1 aromatic carbocycles. The minimum absolute atomic E-state index is 0.613. The summed E-state index contributed by atoms with van der Waals surface area (Å²) in [7, 11) is 1.61. The molecule has 2 nitrogen and oxygen atoms in total. The standard InChI is InChI=1S/C12H10ClNO/c1-15-12-4-2-3-11(14-12)9-5-7-10(13)8-6-9/h2-8H,1H3. The maximum Gasteiger partial charge on any atom is 0.213 e. The van der Waals surface area contributed by atoms with Crippen LogP contribution in [0, 0.1) is 0 Å². The molecule has 0 N–H and O–H groups in total. The van der Waals surface area contributed by atoms with E-state index in [-0.39, 0.29) is 0 Å². The number of aromatic nitrogens is 1. The van der Waals surface area contributed by atoms with Gasteiger partial charge in [-0.3, -0.25) is 0 Å². The topological polar surface area (TPSA) is 22.1 Å². The second kappa shape index (κ2) is 4.32. The minimum atomic E-state index is 0.613. The van der Waals surface area contributed by atoms with Gasteiger partial charge in [-0.25, -0.2) is 4.98 Å². The number of pyridine rings is 1. The summed E-state index contributed by atoms with van der Waals surface area (Å²) in [4.78, 5) is 4.33. The molecule has 76 valence electrons. The van der Waals surface area contributed by atoms with E-state index in [0.717, 1.165) is 16.3 Å². The fourth-order valence-electron chi connectivity index (χ4n) is 1.31. The first-order chi connectivity index (χ1) is 7.29. The maximum absolute atomic E-state index is 5.81. The van der Waals surface area contributed by atoms with Crippen molar-refractivity contribution < 1.29 is 4.74 Å². The van der Waals surface area contributed by atoms with Crippen LogP contribution in [0.4, 0.5) is 0 Å². The van der Waals surface area contributed by atoms with Crippen LogP contribution in [-0.4, -0.2) is 12.1 Å². The van der Waals surface area contributed by atoms with Crippen LogP contribution in [0.5, 0.6) is 5.88 Å². The van der Waals surface area contributed by atoms with Gasteiger partial charge >= 0.3 is 0 Å². The summed E-state index contributed by atoms with van der Waals surface area (Å²) in [6.07, 6.45) is 0. The van der Waals surface area contributed by atoms with Gasteiger partial charge in [-0.15, -0.1) is 0 Å². The number of hydrogen-bond donors (Lipinski definition) is 0. The smallest absolute Gasteiger partial charge is 0.213 e. The predicted molar refractivity (Wildman–Crippen MR) is 61.2 cm³/mol. The number of rotatable bonds is 2. The molecule has 0 aliphatic carbocycles. The van der Waals surface area contributed by atoms with Gasteiger partial charge in [0.05, 0.1) is 12.8 Å². The Bertz CT molecular complexity index is 453. The van der Waals surface area contributed by atoms with Crippen molar-refractivity contribution >= 4 is 11.6 Å². The Morgan fingerprint density at radius 3 is 2.47 bits per heavy atom. The van der Waals surface area contributed by atoms with Crippen LogP contribution in [-0.2, 0) is 0 Å². The summed E-state index contributed by atoms with van der Waals surface area (Å²) < 4.78 is 5.06. The molecule has 0 radical (unpaired) electrons. The number of benzene rings is 1. The molecule has 3 heteroatoms. The number of nitrogens with zero attached hydrogens (tertiary/aromatic N) is 1. The average molecular weight is 220 g/mol. The molecule has 0 atom stereocenters. The van der Waals surface area contributed by atoms with E-state index in [1.165, 1.54) is 0 Å². The van der Waals surface area contributed by atoms with Gasteiger partial charge in [0, 0.05) is 16.7 Å². The number of ether oxygens (including phenoxy) is 1. The third kappa shape index (κ3) is 2.28. The summed E-state index contributed by atoms with van der Waals surface area (Å²) in [5.74, 6) is 0.613. The van der Waals surface area contributed by atoms with Crippen LogP contribution in [0.2, 0.25) is 5.02 Å². The lowest BCUT2D eigenvalue weighted by Gasteiger charge is -2.03. The van der Waals surface area contributed by atoms with E-state index in [1.54, 1.807) is 7.11 Å². The normalized spacial score (nSPS) is 10.0. The zero-order valence-corrected chi connectivity index (χ0v) is 9.03. The summed E-state index contributed by atoms with van der Waals surface area (Å²) in [5.41, 5.74) is 1.91. The zero-order chi connectivity index (χ0) is 10.7. The van der Waals surface area contributed by atoms with Crippen LogP contribution < -0.4 is 4.74 Å². The Morgan fingerprint density at radius 1 is 1.07 bits per heavy atom. The molecule has 0 bridgehead atoms. The van der Waals surface area contributed by atoms with E-state index in [1.807, 2.05) is 42.5 Å². The molecular weight excluding hydrogens is 210 g/mol. The van der Waals surface area contributed by atoms with E-state index >= 15 is 0 Å². The Kier molecular flexibility index (Phi) is 2.88. The second-order valence-electron chi connectivity index (χ2n) is 3.07. The molecule has 0 saturated carbocycles. The molecule has 15 heavy (non-hydrogen) atoms. The first-order valence-electron chi connectivity index (χ1n) is 4.56. The van der Waals surface area contributed by atoms with Gasteiger partial charge in [0.15, 0.2) is 0 Å². The molecule has 0 aliphatic heterocycles. The van der Waals surface area contributed by atoms with Gasteiger partial charge in [0.2, 0.25) is 5.88 Å². The molecule has 2 aromatic rings. The lowest BCUT2D eigenvalue weighted by molar-refractivity contribution is 0.398. The van der Waals surface area contributed by atoms with E-state index in [2.05, 4.69) is 4.98 Å². The monoisotopic (exact) mass is 219 g/mol. The van der Waals surface area contributed by atoms with Gasteiger partial charge < -0.3 is 4.74 Å². The average Bonchev–Trinajstić information content (AvgIpc) is 2.30. The Hall–Kier alpha value is -1.54. The molecule has 1 heterocycles. The molecule has 0 fully saturated rings. The van der Waals surface area contributed by atoms with Crippen LogP contribution in [0.3, 0.4) is 0 Å². The van der Waals surface area contributed by atoms with Gasteiger partial charge in [-0.2, -0.15) is 0 Å². The molecule has 0 spiro atoms. The Balaban J connectivity index is 2.40. The predicted octanol–water partition coefficient (Wildman–Crippen LogP) is 3.41. The molecular formula is C12H10ClNO. The van der Waals surface area contributed by atoms with Crippen LogP contribution in [0.25, 0.3) is 11.3 Å². The molecule has 0 saturated heterocycles. The van der Waals surface area contributed by atoms with Crippen LogP contribution >= 0.6 is 11.6 Å². The number of hydrogen-bond acceptors (Lipinski definition) is 2. The van der Waals surface area contributed by atoms with E-state index < -0.39 is 0 Å². The van der Waals surface area contributed by atoms with Gasteiger partial charge in [0.1, 0.15) is 0 Å². The van der Waals surface area contributed by atoms with Gasteiger partial charge in [-0.1, -0.05) is 29.8 Å². The summed E-state index contributed by atoms with van der Waals surface area (Å²) in [5, 5.41) is 0.724. The quantitative estimate of drug-likeness (QED) is 0.772. The molecule has 2 rings (SSSR count). The maximum atomic E-state index is 5.81. The summed E-state index contributed by atoms with van der Waals surface area (Å²) in [6.45, 7) is 0. The summed E-state index contributed by atoms with van der Waals surface area (Å²) in [6, 6.07) is 13.2. The SMILES string of the molecule is COc1cccc(-c2ccc(Cl)cc2)n1. The zero-order valence-electron chi connectivity index (χ0n) is 8.27. The second-order valence-corrected chi connectivity index (χ2v) is 3.51. The van der Waals surface area contributed by atoms with E-state index in [9.17, 15) is 0 Å². The fourth-order valence-corrected chi connectivity index (χ4v) is 1.44. The van der Waals surface area contributed by atoms with Crippen LogP contribution in [0.15, 0.2) is 42.5 Å². The van der Waals surface area contributed by atoms with Gasteiger partial charge in [0.25, 0.3) is 0 Å². The van der Waals surface area contributed by atoms with Crippen molar-refractivity contribution in [3.8, 4) is 17.1 Å². The first-order valence-corrected chi connectivity index (χ1v) is 4.94. The van der Waals surface area contributed by atoms with Crippen molar-refractivity contribution in [3.05, 3.63) is 47.5 Å². The molecule has 0 aliphatic rings. The van der Waals surface area contributed by atoms with Crippen molar-refractivity contribution in [2.24, 2.45) is 0 Å². The van der Waals surface area contributed by atoms with Gasteiger partial charge in [-0.05, 0) is 18.2 Å². The highest BCUT2D eigenvalue weighted by Crippen LogP contribution is 2.21. The number of methoxy groups -OCH3 is 1.